The molecule has 0 amide bonds. The van der Waals surface area contributed by atoms with Gasteiger partial charge in [-0.2, -0.15) is 0 Å². The predicted octanol–water partition coefficient (Wildman–Crippen LogP) is 1.39. The summed E-state index contributed by atoms with van der Waals surface area (Å²) >= 11 is 0. The molecule has 2 aromatic heterocycles. The van der Waals surface area contributed by atoms with E-state index in [1.165, 1.54) is 0 Å². The Kier molecular flexibility index (Phi) is 4.94. The first-order chi connectivity index (χ1) is 9.35. The van der Waals surface area contributed by atoms with Gasteiger partial charge >= 0.3 is 0 Å². The van der Waals surface area contributed by atoms with E-state index in [1.54, 1.807) is 18.5 Å². The van der Waals surface area contributed by atoms with E-state index in [2.05, 4.69) is 15.5 Å². The van der Waals surface area contributed by atoms with E-state index in [9.17, 15) is 0 Å². The van der Waals surface area contributed by atoms with Crippen LogP contribution in [0.1, 0.15) is 12.1 Å². The van der Waals surface area contributed by atoms with Crippen molar-refractivity contribution in [1.29, 1.82) is 0 Å². The summed E-state index contributed by atoms with van der Waals surface area (Å²) in [7, 11) is 0. The van der Waals surface area contributed by atoms with Crippen LogP contribution in [-0.4, -0.2) is 34.4 Å². The average Bonchev–Trinajstić information content (AvgIpc) is 2.86. The number of hydrogen-bond donors (Lipinski definition) is 2. The second kappa shape index (κ2) is 6.69. The summed E-state index contributed by atoms with van der Waals surface area (Å²) < 4.78 is 10.8. The quantitative estimate of drug-likeness (QED) is 0.868. The number of halogens is 1. The average molecular weight is 298 g/mol. The summed E-state index contributed by atoms with van der Waals surface area (Å²) in [6.45, 7) is 1.57. The van der Waals surface area contributed by atoms with Gasteiger partial charge in [-0.05, 0) is 19.0 Å². The van der Waals surface area contributed by atoms with Gasteiger partial charge in [0, 0.05) is 23.9 Å². The molecule has 0 saturated carbocycles. The van der Waals surface area contributed by atoms with Crippen LogP contribution in [0.5, 0.6) is 5.75 Å². The topological polar surface area (TPSA) is 80.4 Å². The van der Waals surface area contributed by atoms with Crippen molar-refractivity contribution in [3.8, 4) is 17.1 Å². The molecule has 0 spiro atoms. The summed E-state index contributed by atoms with van der Waals surface area (Å²) in [5.74, 6) is 1.27. The van der Waals surface area contributed by atoms with E-state index in [-0.39, 0.29) is 19.0 Å². The smallest absolute Gasteiger partial charge is 0.168 e. The standard InChI is InChI=1S/C13H15N3O3.ClH/c17-7-11-4-13(19-16-11)9-3-12(6-14-5-9)18-8-10-1-2-15-10;/h3-6,10,15,17H,1-2,7-8H2;1H/t10-;/m0./s1. The minimum Gasteiger partial charge on any atom is -0.490 e. The number of nitrogens with one attached hydrogen (secondary N) is 1. The van der Waals surface area contributed by atoms with Crippen LogP contribution < -0.4 is 10.1 Å². The van der Waals surface area contributed by atoms with Gasteiger partial charge < -0.3 is 19.7 Å². The number of ether oxygens (including phenoxy) is 1. The Labute approximate surface area is 122 Å². The molecule has 1 saturated heterocycles. The van der Waals surface area contributed by atoms with E-state index in [1.807, 2.05) is 6.07 Å². The molecule has 1 atom stereocenters. The maximum absolute atomic E-state index is 8.96. The molecule has 2 N–H and O–H groups in total. The van der Waals surface area contributed by atoms with Crippen LogP contribution in [0.2, 0.25) is 0 Å². The Bertz CT molecular complexity index is 557. The van der Waals surface area contributed by atoms with Crippen LogP contribution in [0.4, 0.5) is 0 Å². The lowest BCUT2D eigenvalue weighted by Gasteiger charge is -2.27. The number of pyridine rings is 1. The third-order valence-electron chi connectivity index (χ3n) is 3.10. The van der Waals surface area contributed by atoms with Crippen LogP contribution in [0, 0.1) is 0 Å². The zero-order valence-corrected chi connectivity index (χ0v) is 11.6. The monoisotopic (exact) mass is 297 g/mol. The molecule has 1 aliphatic heterocycles. The Hall–Kier alpha value is -1.63. The zero-order chi connectivity index (χ0) is 13.1. The van der Waals surface area contributed by atoms with E-state index in [0.29, 0.717) is 29.9 Å². The summed E-state index contributed by atoms with van der Waals surface area (Å²) in [4.78, 5) is 4.12. The molecular weight excluding hydrogens is 282 g/mol. The maximum atomic E-state index is 8.96. The van der Waals surface area contributed by atoms with Crippen LogP contribution in [0.3, 0.4) is 0 Å². The molecule has 0 unspecified atom stereocenters. The summed E-state index contributed by atoms with van der Waals surface area (Å²) in [6.07, 6.45) is 4.50. The molecule has 3 rings (SSSR count). The van der Waals surface area contributed by atoms with E-state index < -0.39 is 0 Å². The molecule has 7 heteroatoms. The minimum absolute atomic E-state index is 0. The molecule has 20 heavy (non-hydrogen) atoms. The van der Waals surface area contributed by atoms with Crippen LogP contribution in [-0.2, 0) is 6.61 Å². The summed E-state index contributed by atoms with van der Waals surface area (Å²) in [6, 6.07) is 3.98. The number of hydrogen-bond acceptors (Lipinski definition) is 6. The van der Waals surface area contributed by atoms with Crippen LogP contribution >= 0.6 is 12.4 Å². The number of nitrogens with zero attached hydrogens (tertiary/aromatic N) is 2. The molecule has 1 aliphatic rings. The third-order valence-corrected chi connectivity index (χ3v) is 3.10. The van der Waals surface area contributed by atoms with Gasteiger partial charge in [0.15, 0.2) is 5.76 Å². The Balaban J connectivity index is 0.00000147. The highest BCUT2D eigenvalue weighted by Crippen LogP contribution is 2.23. The Morgan fingerprint density at radius 1 is 1.40 bits per heavy atom. The van der Waals surface area contributed by atoms with Crippen molar-refractivity contribution in [2.45, 2.75) is 19.1 Å². The highest BCUT2D eigenvalue weighted by Gasteiger charge is 2.17. The molecule has 0 aliphatic carbocycles. The fourth-order valence-corrected chi connectivity index (χ4v) is 1.84. The van der Waals surface area contributed by atoms with Crippen molar-refractivity contribution in [1.82, 2.24) is 15.5 Å². The zero-order valence-electron chi connectivity index (χ0n) is 10.8. The van der Waals surface area contributed by atoms with Crippen molar-refractivity contribution >= 4 is 12.4 Å². The van der Waals surface area contributed by atoms with Crippen molar-refractivity contribution in [3.05, 3.63) is 30.2 Å². The van der Waals surface area contributed by atoms with Gasteiger partial charge in [0.25, 0.3) is 0 Å². The van der Waals surface area contributed by atoms with Crippen molar-refractivity contribution < 1.29 is 14.4 Å². The van der Waals surface area contributed by atoms with Gasteiger partial charge in [-0.25, -0.2) is 0 Å². The fourth-order valence-electron chi connectivity index (χ4n) is 1.84. The Morgan fingerprint density at radius 3 is 2.90 bits per heavy atom. The maximum Gasteiger partial charge on any atom is 0.168 e. The number of aliphatic hydroxyl groups is 1. The van der Waals surface area contributed by atoms with Gasteiger partial charge in [-0.3, -0.25) is 4.98 Å². The first-order valence-electron chi connectivity index (χ1n) is 6.23. The van der Waals surface area contributed by atoms with E-state index in [4.69, 9.17) is 14.4 Å². The molecule has 1 fully saturated rings. The SMILES string of the molecule is Cl.OCc1cc(-c2cncc(OC[C@@H]3CCN3)c2)on1. The lowest BCUT2D eigenvalue weighted by molar-refractivity contribution is 0.217. The fraction of sp³-hybridized carbons (Fsp3) is 0.385. The van der Waals surface area contributed by atoms with Crippen molar-refractivity contribution in [2.24, 2.45) is 0 Å². The van der Waals surface area contributed by atoms with Gasteiger partial charge in [0.05, 0.1) is 12.8 Å². The van der Waals surface area contributed by atoms with Gasteiger partial charge in [0.2, 0.25) is 0 Å². The molecule has 108 valence electrons. The highest BCUT2D eigenvalue weighted by molar-refractivity contribution is 5.85. The van der Waals surface area contributed by atoms with Gasteiger partial charge in [0.1, 0.15) is 18.1 Å². The predicted molar refractivity (Wildman–Crippen MR) is 74.8 cm³/mol. The lowest BCUT2D eigenvalue weighted by Crippen LogP contribution is -2.46. The minimum atomic E-state index is -0.138. The third kappa shape index (κ3) is 3.27. The molecule has 6 nitrogen and oxygen atoms in total. The largest absolute Gasteiger partial charge is 0.490 e. The summed E-state index contributed by atoms with van der Waals surface area (Å²) in [5, 5.41) is 16.0. The number of rotatable bonds is 5. The second-order valence-electron chi connectivity index (χ2n) is 4.50. The molecule has 2 aromatic rings. The molecule has 0 bridgehead atoms. The first-order valence-corrected chi connectivity index (χ1v) is 6.23. The molecular formula is C13H16ClN3O3. The van der Waals surface area contributed by atoms with Crippen molar-refractivity contribution in [2.75, 3.05) is 13.2 Å². The molecule has 0 aromatic carbocycles. The van der Waals surface area contributed by atoms with Crippen LogP contribution in [0.25, 0.3) is 11.3 Å². The van der Waals surface area contributed by atoms with Gasteiger partial charge in [-0.15, -0.1) is 12.4 Å². The van der Waals surface area contributed by atoms with E-state index in [0.717, 1.165) is 18.5 Å². The van der Waals surface area contributed by atoms with Crippen molar-refractivity contribution in [3.63, 3.8) is 0 Å². The molecule has 0 radical (unpaired) electrons. The lowest BCUT2D eigenvalue weighted by atomic mass is 10.1. The Morgan fingerprint density at radius 2 is 2.25 bits per heavy atom. The number of aliphatic hydroxyl groups excluding tert-OH is 1. The normalized spacial score (nSPS) is 17.1. The number of aromatic nitrogens is 2. The first kappa shape index (κ1) is 14.8. The summed E-state index contributed by atoms with van der Waals surface area (Å²) in [5.41, 5.74) is 1.28. The van der Waals surface area contributed by atoms with Gasteiger partial charge in [-0.1, -0.05) is 5.16 Å². The van der Waals surface area contributed by atoms with E-state index >= 15 is 0 Å². The second-order valence-corrected chi connectivity index (χ2v) is 4.50. The molecule has 3 heterocycles. The highest BCUT2D eigenvalue weighted by atomic mass is 35.5. The van der Waals surface area contributed by atoms with Crippen LogP contribution in [0.15, 0.2) is 29.0 Å².